The van der Waals surface area contributed by atoms with Crippen LogP contribution in [-0.2, 0) is 27.2 Å². The second-order valence-corrected chi connectivity index (χ2v) is 8.13. The lowest BCUT2D eigenvalue weighted by molar-refractivity contribution is 0.182. The van der Waals surface area contributed by atoms with Crippen molar-refractivity contribution in [3.05, 3.63) is 0 Å². The Labute approximate surface area is 128 Å². The fourth-order valence-corrected chi connectivity index (χ4v) is 5.03. The number of hydrogen-bond donors (Lipinski definition) is 1. The van der Waals surface area contributed by atoms with Crippen LogP contribution in [0.1, 0.15) is 53.4 Å². The van der Waals surface area contributed by atoms with Crippen molar-refractivity contribution in [3.8, 4) is 0 Å². The highest BCUT2D eigenvalue weighted by Gasteiger charge is 2.37. The lowest BCUT2D eigenvalue weighted by Gasteiger charge is -2.24. The minimum absolute atomic E-state index is 0.161. The van der Waals surface area contributed by atoms with Gasteiger partial charge in [0.1, 0.15) is 0 Å². The highest BCUT2D eigenvalue weighted by Crippen LogP contribution is 2.57. The Morgan fingerprint density at radius 3 is 1.43 bits per heavy atom. The molecule has 0 rings (SSSR count). The quantitative estimate of drug-likeness (QED) is 0.366. The number of hydrogen-bond acceptors (Lipinski definition) is 6. The zero-order valence-electron chi connectivity index (χ0n) is 13.5. The van der Waals surface area contributed by atoms with Crippen LogP contribution in [0.5, 0.6) is 0 Å². The summed E-state index contributed by atoms with van der Waals surface area (Å²) in [6.45, 7) is 8.16. The average molecular weight is 345 g/mol. The molecular weight excluding hydrogens is 316 g/mol. The van der Waals surface area contributed by atoms with Crippen molar-refractivity contribution in [2.45, 2.75) is 53.4 Å². The van der Waals surface area contributed by atoms with Gasteiger partial charge in [-0.25, -0.2) is 9.13 Å². The van der Waals surface area contributed by atoms with E-state index in [0.717, 1.165) is 25.7 Å². The Hall–Kier alpha value is 0.260. The maximum Gasteiger partial charge on any atom is 0.414 e. The van der Waals surface area contributed by atoms with Crippen LogP contribution in [0.25, 0.3) is 0 Å². The first-order valence-electron chi connectivity index (χ1n) is 7.53. The van der Waals surface area contributed by atoms with Crippen LogP contribution in [0.15, 0.2) is 0 Å². The van der Waals surface area contributed by atoms with Crippen LogP contribution in [0.3, 0.4) is 0 Å². The Balaban J connectivity index is 4.82. The van der Waals surface area contributed by atoms with Crippen LogP contribution < -0.4 is 4.86 Å². The van der Waals surface area contributed by atoms with E-state index in [-0.39, 0.29) is 26.4 Å². The lowest BCUT2D eigenvalue weighted by atomic mass is 10.4. The van der Waals surface area contributed by atoms with Gasteiger partial charge in [0, 0.05) is 0 Å². The maximum atomic E-state index is 12.6. The Morgan fingerprint density at radius 1 is 0.714 bits per heavy atom. The van der Waals surface area contributed by atoms with E-state index in [1.165, 1.54) is 0 Å². The van der Waals surface area contributed by atoms with Gasteiger partial charge in [-0.3, -0.25) is 18.1 Å². The molecule has 0 unspecified atom stereocenters. The fraction of sp³-hybridized carbons (Fsp3) is 1.00. The van der Waals surface area contributed by atoms with E-state index in [2.05, 4.69) is 4.86 Å². The second-order valence-electron chi connectivity index (χ2n) is 4.30. The summed E-state index contributed by atoms with van der Waals surface area (Å²) in [5.41, 5.74) is 0. The van der Waals surface area contributed by atoms with Crippen LogP contribution >= 0.6 is 15.5 Å². The van der Waals surface area contributed by atoms with E-state index in [4.69, 9.17) is 18.1 Å². The van der Waals surface area contributed by atoms with Gasteiger partial charge in [-0.1, -0.05) is 26.7 Å². The van der Waals surface area contributed by atoms with Gasteiger partial charge in [0.25, 0.3) is 0 Å². The molecule has 0 aliphatic rings. The van der Waals surface area contributed by atoms with E-state index in [1.807, 2.05) is 13.8 Å². The van der Waals surface area contributed by atoms with Gasteiger partial charge in [-0.2, -0.15) is 0 Å². The molecule has 0 saturated heterocycles. The number of nitrogens with one attached hydrogen (secondary N) is 1. The molecule has 128 valence electrons. The third kappa shape index (κ3) is 9.80. The van der Waals surface area contributed by atoms with E-state index >= 15 is 0 Å². The summed E-state index contributed by atoms with van der Waals surface area (Å²) in [6, 6.07) is 0. The zero-order valence-corrected chi connectivity index (χ0v) is 15.3. The van der Waals surface area contributed by atoms with Gasteiger partial charge >= 0.3 is 15.5 Å². The van der Waals surface area contributed by atoms with Crippen molar-refractivity contribution in [2.24, 2.45) is 0 Å². The molecule has 0 atom stereocenters. The molecule has 1 N–H and O–H groups in total. The number of rotatable bonds is 14. The molecule has 0 aromatic carbocycles. The highest BCUT2D eigenvalue weighted by molar-refractivity contribution is 7.67. The normalized spacial score (nSPS) is 12.8. The van der Waals surface area contributed by atoms with Crippen LogP contribution in [0.4, 0.5) is 0 Å². The van der Waals surface area contributed by atoms with Crippen molar-refractivity contribution >= 4 is 15.5 Å². The zero-order chi connectivity index (χ0) is 16.2. The van der Waals surface area contributed by atoms with Gasteiger partial charge in [0.15, 0.2) is 0 Å². The monoisotopic (exact) mass is 345 g/mol. The summed E-state index contributed by atoms with van der Waals surface area (Å²) >= 11 is 0. The number of unbranched alkanes of at least 4 members (excludes halogenated alkanes) is 2. The highest BCUT2D eigenvalue weighted by atomic mass is 31.3. The molecule has 0 aromatic rings. The molecule has 0 saturated carbocycles. The summed E-state index contributed by atoms with van der Waals surface area (Å²) in [5.74, 6) is 0. The predicted molar refractivity (Wildman–Crippen MR) is 83.3 cm³/mol. The van der Waals surface area contributed by atoms with E-state index in [0.29, 0.717) is 0 Å². The topological polar surface area (TPSA) is 83.1 Å². The molecule has 0 spiro atoms. The SMILES string of the molecule is CCCCOP(=O)(NP(=O)(OCC)OCC)OCCCC. The van der Waals surface area contributed by atoms with E-state index in [9.17, 15) is 9.13 Å². The molecule has 0 aliphatic carbocycles. The first-order chi connectivity index (χ1) is 9.95. The predicted octanol–water partition coefficient (Wildman–Crippen LogP) is 4.50. The molecular formula is C12H29NO6P2. The van der Waals surface area contributed by atoms with Gasteiger partial charge in [-0.05, 0) is 26.7 Å². The van der Waals surface area contributed by atoms with Crippen molar-refractivity contribution in [2.75, 3.05) is 26.4 Å². The van der Waals surface area contributed by atoms with E-state index in [1.54, 1.807) is 13.8 Å². The molecule has 0 radical (unpaired) electrons. The van der Waals surface area contributed by atoms with Gasteiger partial charge in [-0.15, -0.1) is 4.86 Å². The molecule has 21 heavy (non-hydrogen) atoms. The summed E-state index contributed by atoms with van der Waals surface area (Å²) in [6.07, 6.45) is 3.25. The Morgan fingerprint density at radius 2 is 1.10 bits per heavy atom. The third-order valence-electron chi connectivity index (χ3n) is 2.36. The molecule has 0 amide bonds. The smallest absolute Gasteiger partial charge is 0.297 e. The Kier molecular flexibility index (Phi) is 11.9. The van der Waals surface area contributed by atoms with E-state index < -0.39 is 15.5 Å². The fourth-order valence-electron chi connectivity index (χ4n) is 1.34. The third-order valence-corrected chi connectivity index (χ3v) is 6.56. The summed E-state index contributed by atoms with van der Waals surface area (Å²) in [5, 5.41) is 0. The first-order valence-corrected chi connectivity index (χ1v) is 10.6. The first kappa shape index (κ1) is 21.3. The van der Waals surface area contributed by atoms with Crippen molar-refractivity contribution in [1.82, 2.24) is 4.86 Å². The van der Waals surface area contributed by atoms with Crippen LogP contribution in [0.2, 0.25) is 0 Å². The maximum absolute atomic E-state index is 12.6. The summed E-state index contributed by atoms with van der Waals surface area (Å²) in [7, 11) is -7.42. The van der Waals surface area contributed by atoms with Gasteiger partial charge in [0.05, 0.1) is 26.4 Å². The van der Waals surface area contributed by atoms with Gasteiger partial charge in [0.2, 0.25) is 0 Å². The molecule has 0 aromatic heterocycles. The van der Waals surface area contributed by atoms with Crippen molar-refractivity contribution in [1.29, 1.82) is 0 Å². The molecule has 7 nitrogen and oxygen atoms in total. The minimum atomic E-state index is -3.72. The minimum Gasteiger partial charge on any atom is -0.297 e. The molecule has 0 heterocycles. The van der Waals surface area contributed by atoms with Crippen molar-refractivity contribution in [3.63, 3.8) is 0 Å². The second kappa shape index (κ2) is 11.8. The molecule has 0 aliphatic heterocycles. The summed E-state index contributed by atoms with van der Waals surface area (Å²) in [4.78, 5) is 2.35. The van der Waals surface area contributed by atoms with Crippen molar-refractivity contribution < 1.29 is 27.2 Å². The standard InChI is InChI=1S/C12H29NO6P2/c1-5-9-11-18-21(15,19-12-10-6-2)13-20(14,16-7-3)17-8-4/h5-12H2,1-4H3,(H,13,14,15). The van der Waals surface area contributed by atoms with Crippen LogP contribution in [0, 0.1) is 0 Å². The molecule has 0 fully saturated rings. The summed E-state index contributed by atoms with van der Waals surface area (Å²) < 4.78 is 45.8. The lowest BCUT2D eigenvalue weighted by Crippen LogP contribution is -2.17. The Bertz CT molecular complexity index is 329. The molecule has 0 bridgehead atoms. The average Bonchev–Trinajstić information content (AvgIpc) is 2.39. The van der Waals surface area contributed by atoms with Crippen LogP contribution in [-0.4, -0.2) is 26.4 Å². The largest absolute Gasteiger partial charge is 0.414 e. The van der Waals surface area contributed by atoms with Gasteiger partial charge < -0.3 is 0 Å². The molecule has 9 heteroatoms.